The average Bonchev–Trinajstić information content (AvgIpc) is 2.89. The van der Waals surface area contributed by atoms with Crippen molar-refractivity contribution in [1.82, 2.24) is 19.8 Å². The highest BCUT2D eigenvalue weighted by atomic mass is 32.1. The molecule has 102 valence electrons. The first kappa shape index (κ1) is 11.8. The Morgan fingerprint density at radius 3 is 2.85 bits per heavy atom. The summed E-state index contributed by atoms with van der Waals surface area (Å²) in [6, 6.07) is 5.35. The lowest BCUT2D eigenvalue weighted by molar-refractivity contribution is 0.395. The van der Waals surface area contributed by atoms with Crippen LogP contribution < -0.4 is 0 Å². The van der Waals surface area contributed by atoms with Gasteiger partial charge in [0.2, 0.25) is 4.96 Å². The Hall–Kier alpha value is -1.95. The molecule has 4 rings (SSSR count). The zero-order valence-corrected chi connectivity index (χ0v) is 11.9. The second kappa shape index (κ2) is 4.28. The van der Waals surface area contributed by atoms with E-state index in [1.807, 2.05) is 17.5 Å². The van der Waals surface area contributed by atoms with E-state index in [1.54, 1.807) is 12.1 Å². The number of fused-ring (bicyclic) bond motifs is 1. The van der Waals surface area contributed by atoms with Crippen molar-refractivity contribution in [3.8, 4) is 16.3 Å². The van der Waals surface area contributed by atoms with E-state index in [-0.39, 0.29) is 5.75 Å². The molecule has 0 atom stereocenters. The lowest BCUT2D eigenvalue weighted by atomic mass is 9.85. The molecule has 20 heavy (non-hydrogen) atoms. The van der Waals surface area contributed by atoms with Gasteiger partial charge in [0.05, 0.1) is 0 Å². The minimum atomic E-state index is 0.282. The smallest absolute Gasteiger partial charge is 0.234 e. The lowest BCUT2D eigenvalue weighted by Gasteiger charge is -2.22. The molecule has 5 nitrogen and oxygen atoms in total. The van der Waals surface area contributed by atoms with Gasteiger partial charge in [0, 0.05) is 11.5 Å². The number of nitrogens with zero attached hydrogens (tertiary/aromatic N) is 4. The topological polar surface area (TPSA) is 63.3 Å². The quantitative estimate of drug-likeness (QED) is 0.786. The van der Waals surface area contributed by atoms with Gasteiger partial charge in [-0.1, -0.05) is 17.8 Å². The second-order valence-corrected chi connectivity index (χ2v) is 6.24. The number of rotatable bonds is 2. The molecular formula is C14H14N4OS. The molecule has 1 aliphatic carbocycles. The van der Waals surface area contributed by atoms with Crippen LogP contribution in [-0.2, 0) is 0 Å². The molecule has 1 saturated carbocycles. The van der Waals surface area contributed by atoms with E-state index in [0.717, 1.165) is 26.9 Å². The molecule has 0 bridgehead atoms. The first-order chi connectivity index (χ1) is 9.72. The van der Waals surface area contributed by atoms with Gasteiger partial charge in [0.15, 0.2) is 5.82 Å². The maximum atomic E-state index is 9.50. The highest BCUT2D eigenvalue weighted by Gasteiger charge is 2.26. The first-order valence-electron chi connectivity index (χ1n) is 6.74. The van der Waals surface area contributed by atoms with Crippen molar-refractivity contribution in [1.29, 1.82) is 0 Å². The Morgan fingerprint density at radius 1 is 1.30 bits per heavy atom. The fourth-order valence-corrected chi connectivity index (χ4v) is 3.49. The number of hydrogen-bond acceptors (Lipinski definition) is 5. The molecule has 3 aromatic rings. The molecule has 6 heteroatoms. The van der Waals surface area contributed by atoms with Crippen molar-refractivity contribution in [2.75, 3.05) is 0 Å². The number of benzene rings is 1. The van der Waals surface area contributed by atoms with Crippen LogP contribution in [0.2, 0.25) is 0 Å². The highest BCUT2D eigenvalue weighted by Crippen LogP contribution is 2.37. The largest absolute Gasteiger partial charge is 0.508 e. The van der Waals surface area contributed by atoms with Gasteiger partial charge in [-0.2, -0.15) is 9.61 Å². The number of phenolic OH excluding ortho intramolecular Hbond substituents is 1. The molecule has 0 aliphatic heterocycles. The summed E-state index contributed by atoms with van der Waals surface area (Å²) in [6.07, 6.45) is 3.64. The Balaban J connectivity index is 1.82. The Morgan fingerprint density at radius 2 is 2.15 bits per heavy atom. The van der Waals surface area contributed by atoms with Crippen molar-refractivity contribution >= 4 is 16.3 Å². The van der Waals surface area contributed by atoms with Gasteiger partial charge in [-0.15, -0.1) is 10.2 Å². The van der Waals surface area contributed by atoms with Crippen molar-refractivity contribution < 1.29 is 5.11 Å². The maximum Gasteiger partial charge on any atom is 0.234 e. The van der Waals surface area contributed by atoms with Crippen molar-refractivity contribution in [3.05, 3.63) is 29.6 Å². The normalized spacial score (nSPS) is 15.7. The number of aromatic hydroxyl groups is 1. The standard InChI is InChI=1S/C14H14N4OS/c1-8-7-10(19)5-6-11(8)13-17-18-12(9-3-2-4-9)15-16-14(18)20-13/h5-7,9,19H,2-4H2,1H3. The summed E-state index contributed by atoms with van der Waals surface area (Å²) in [6.45, 7) is 1.98. The average molecular weight is 286 g/mol. The number of hydrogen-bond donors (Lipinski definition) is 1. The van der Waals surface area contributed by atoms with Crippen LogP contribution in [0.5, 0.6) is 5.75 Å². The van der Waals surface area contributed by atoms with E-state index in [0.29, 0.717) is 5.92 Å². The van der Waals surface area contributed by atoms with E-state index in [1.165, 1.54) is 30.6 Å². The molecule has 2 heterocycles. The minimum absolute atomic E-state index is 0.282. The molecule has 0 unspecified atom stereocenters. The van der Waals surface area contributed by atoms with Crippen molar-refractivity contribution in [3.63, 3.8) is 0 Å². The molecule has 0 amide bonds. The van der Waals surface area contributed by atoms with Crippen LogP contribution >= 0.6 is 11.3 Å². The first-order valence-corrected chi connectivity index (χ1v) is 7.56. The van der Waals surface area contributed by atoms with E-state index in [2.05, 4.69) is 15.3 Å². The van der Waals surface area contributed by atoms with Gasteiger partial charge in [-0.05, 0) is 43.5 Å². The van der Waals surface area contributed by atoms with Crippen LogP contribution in [0.4, 0.5) is 0 Å². The molecule has 1 aromatic carbocycles. The number of aromatic nitrogens is 4. The lowest BCUT2D eigenvalue weighted by Crippen LogP contribution is -2.13. The fourth-order valence-electron chi connectivity index (χ4n) is 2.55. The molecule has 0 saturated heterocycles. The van der Waals surface area contributed by atoms with Gasteiger partial charge in [-0.25, -0.2) is 0 Å². The SMILES string of the molecule is Cc1cc(O)ccc1-c1nn2c(C3CCC3)nnc2s1. The predicted octanol–water partition coefficient (Wildman–Crippen LogP) is 3.13. The summed E-state index contributed by atoms with van der Waals surface area (Å²) >= 11 is 1.54. The number of aryl methyl sites for hydroxylation is 1. The van der Waals surface area contributed by atoms with Crippen LogP contribution in [0, 0.1) is 6.92 Å². The van der Waals surface area contributed by atoms with Crippen LogP contribution in [0.3, 0.4) is 0 Å². The van der Waals surface area contributed by atoms with Crippen LogP contribution in [0.25, 0.3) is 15.5 Å². The Bertz CT molecular complexity index is 788. The van der Waals surface area contributed by atoms with Crippen molar-refractivity contribution in [2.45, 2.75) is 32.1 Å². The maximum absolute atomic E-state index is 9.50. The van der Waals surface area contributed by atoms with Gasteiger partial charge in [0.1, 0.15) is 10.8 Å². The monoisotopic (exact) mass is 286 g/mol. The third kappa shape index (κ3) is 1.71. The van der Waals surface area contributed by atoms with Gasteiger partial charge >= 0.3 is 0 Å². The Kier molecular flexibility index (Phi) is 2.53. The molecule has 1 N–H and O–H groups in total. The third-order valence-electron chi connectivity index (χ3n) is 3.93. The summed E-state index contributed by atoms with van der Waals surface area (Å²) in [5.41, 5.74) is 2.05. The van der Waals surface area contributed by atoms with E-state index in [9.17, 15) is 5.11 Å². The summed E-state index contributed by atoms with van der Waals surface area (Å²) < 4.78 is 1.89. The molecule has 0 radical (unpaired) electrons. The summed E-state index contributed by atoms with van der Waals surface area (Å²) in [5.74, 6) is 1.79. The van der Waals surface area contributed by atoms with Gasteiger partial charge in [-0.3, -0.25) is 0 Å². The molecular weight excluding hydrogens is 272 g/mol. The summed E-state index contributed by atoms with van der Waals surface area (Å²) in [5, 5.41) is 23.6. The summed E-state index contributed by atoms with van der Waals surface area (Å²) in [4.78, 5) is 0.842. The minimum Gasteiger partial charge on any atom is -0.508 e. The molecule has 2 aromatic heterocycles. The number of phenols is 1. The van der Waals surface area contributed by atoms with E-state index >= 15 is 0 Å². The summed E-state index contributed by atoms with van der Waals surface area (Å²) in [7, 11) is 0. The zero-order valence-electron chi connectivity index (χ0n) is 11.1. The van der Waals surface area contributed by atoms with Crippen LogP contribution in [-0.4, -0.2) is 24.9 Å². The highest BCUT2D eigenvalue weighted by molar-refractivity contribution is 7.19. The molecule has 1 fully saturated rings. The van der Waals surface area contributed by atoms with Gasteiger partial charge < -0.3 is 5.11 Å². The van der Waals surface area contributed by atoms with Gasteiger partial charge in [0.25, 0.3) is 0 Å². The second-order valence-electron chi connectivity index (χ2n) is 5.29. The van der Waals surface area contributed by atoms with Crippen molar-refractivity contribution in [2.24, 2.45) is 0 Å². The fraction of sp³-hybridized carbons (Fsp3) is 0.357. The zero-order chi connectivity index (χ0) is 13.7. The van der Waals surface area contributed by atoms with E-state index < -0.39 is 0 Å². The molecule has 1 aliphatic rings. The predicted molar refractivity (Wildman–Crippen MR) is 77.1 cm³/mol. The third-order valence-corrected chi connectivity index (χ3v) is 4.86. The Labute approximate surface area is 119 Å². The van der Waals surface area contributed by atoms with Crippen LogP contribution in [0.1, 0.15) is 36.6 Å². The molecule has 0 spiro atoms. The van der Waals surface area contributed by atoms with Crippen LogP contribution in [0.15, 0.2) is 18.2 Å². The van der Waals surface area contributed by atoms with E-state index in [4.69, 9.17) is 0 Å².